The summed E-state index contributed by atoms with van der Waals surface area (Å²) >= 11 is 0. The number of hydrogen-bond donors (Lipinski definition) is 2. The summed E-state index contributed by atoms with van der Waals surface area (Å²) < 4.78 is 0. The molecule has 1 atom stereocenters. The molecule has 15 heavy (non-hydrogen) atoms. The zero-order valence-electron chi connectivity index (χ0n) is 10.0. The molecule has 1 fully saturated rings. The number of likely N-dealkylation sites (tertiary alicyclic amines) is 1. The lowest BCUT2D eigenvalue weighted by atomic mass is 10.1. The van der Waals surface area contributed by atoms with Gasteiger partial charge in [-0.15, -0.1) is 0 Å². The molecule has 0 radical (unpaired) electrons. The predicted molar refractivity (Wildman–Crippen MR) is 64.0 cm³/mol. The van der Waals surface area contributed by atoms with Gasteiger partial charge in [0.25, 0.3) is 0 Å². The highest BCUT2D eigenvalue weighted by atomic mass is 16.3. The Bertz CT molecular complexity index is 147. The fourth-order valence-corrected chi connectivity index (χ4v) is 2.04. The van der Waals surface area contributed by atoms with Crippen molar-refractivity contribution >= 4 is 0 Å². The molecule has 0 spiro atoms. The second-order valence-corrected chi connectivity index (χ2v) is 4.73. The van der Waals surface area contributed by atoms with Crippen molar-refractivity contribution in [3.05, 3.63) is 0 Å². The minimum Gasteiger partial charge on any atom is -0.396 e. The van der Waals surface area contributed by atoms with E-state index in [9.17, 15) is 0 Å². The molecule has 0 bridgehead atoms. The van der Waals surface area contributed by atoms with Gasteiger partial charge in [-0.25, -0.2) is 0 Å². The lowest BCUT2D eigenvalue weighted by Crippen LogP contribution is -2.30. The van der Waals surface area contributed by atoms with Gasteiger partial charge in [0, 0.05) is 19.7 Å². The quantitative estimate of drug-likeness (QED) is 0.594. The van der Waals surface area contributed by atoms with Gasteiger partial charge < -0.3 is 15.3 Å². The van der Waals surface area contributed by atoms with E-state index in [4.69, 9.17) is 5.11 Å². The number of aliphatic hydroxyl groups excluding tert-OH is 1. The van der Waals surface area contributed by atoms with Gasteiger partial charge in [-0.2, -0.15) is 0 Å². The SMILES string of the molecule is CC(CO)CCCNCCN1CCCC1. The number of hydrogen-bond acceptors (Lipinski definition) is 3. The van der Waals surface area contributed by atoms with Crippen LogP contribution in [0.1, 0.15) is 32.6 Å². The van der Waals surface area contributed by atoms with Crippen LogP contribution in [0.2, 0.25) is 0 Å². The van der Waals surface area contributed by atoms with Crippen LogP contribution in [0.25, 0.3) is 0 Å². The van der Waals surface area contributed by atoms with Crippen LogP contribution in [0.3, 0.4) is 0 Å². The highest BCUT2D eigenvalue weighted by Crippen LogP contribution is 2.05. The van der Waals surface area contributed by atoms with Crippen LogP contribution in [0.15, 0.2) is 0 Å². The van der Waals surface area contributed by atoms with Gasteiger partial charge in [0.1, 0.15) is 0 Å². The smallest absolute Gasteiger partial charge is 0.0456 e. The maximum Gasteiger partial charge on any atom is 0.0456 e. The van der Waals surface area contributed by atoms with Gasteiger partial charge in [0.05, 0.1) is 0 Å². The molecule has 0 saturated carbocycles. The van der Waals surface area contributed by atoms with Crippen molar-refractivity contribution in [3.8, 4) is 0 Å². The van der Waals surface area contributed by atoms with Crippen LogP contribution in [-0.2, 0) is 0 Å². The second-order valence-electron chi connectivity index (χ2n) is 4.73. The average molecular weight is 214 g/mol. The maximum atomic E-state index is 8.85. The predicted octanol–water partition coefficient (Wildman–Crippen LogP) is 1.08. The van der Waals surface area contributed by atoms with E-state index in [0.717, 1.165) is 19.5 Å². The van der Waals surface area contributed by atoms with Crippen LogP contribution < -0.4 is 5.32 Å². The van der Waals surface area contributed by atoms with Gasteiger partial charge >= 0.3 is 0 Å². The minimum atomic E-state index is 0.327. The molecule has 3 heteroatoms. The molecule has 0 amide bonds. The van der Waals surface area contributed by atoms with Crippen molar-refractivity contribution in [1.29, 1.82) is 0 Å². The van der Waals surface area contributed by atoms with Crippen LogP contribution in [0.4, 0.5) is 0 Å². The van der Waals surface area contributed by atoms with Gasteiger partial charge in [0.2, 0.25) is 0 Å². The van der Waals surface area contributed by atoms with Crippen LogP contribution >= 0.6 is 0 Å². The number of nitrogens with zero attached hydrogens (tertiary/aromatic N) is 1. The Morgan fingerprint density at radius 2 is 2.00 bits per heavy atom. The van der Waals surface area contributed by atoms with Crippen molar-refractivity contribution in [3.63, 3.8) is 0 Å². The van der Waals surface area contributed by atoms with Gasteiger partial charge in [-0.05, 0) is 51.2 Å². The molecule has 1 rings (SSSR count). The second kappa shape index (κ2) is 8.08. The molecule has 0 aromatic heterocycles. The lowest BCUT2D eigenvalue weighted by Gasteiger charge is -2.15. The van der Waals surface area contributed by atoms with E-state index < -0.39 is 0 Å². The molecule has 3 nitrogen and oxygen atoms in total. The normalized spacial score (nSPS) is 19.6. The number of aliphatic hydroxyl groups is 1. The first-order valence-electron chi connectivity index (χ1n) is 6.37. The largest absolute Gasteiger partial charge is 0.396 e. The monoisotopic (exact) mass is 214 g/mol. The summed E-state index contributed by atoms with van der Waals surface area (Å²) in [5.74, 6) is 0.463. The van der Waals surface area contributed by atoms with Crippen LogP contribution in [0.5, 0.6) is 0 Å². The summed E-state index contributed by atoms with van der Waals surface area (Å²) in [5, 5.41) is 12.3. The van der Waals surface area contributed by atoms with E-state index in [1.54, 1.807) is 0 Å². The zero-order chi connectivity index (χ0) is 10.9. The molecule has 2 N–H and O–H groups in total. The van der Waals surface area contributed by atoms with E-state index in [1.807, 2.05) is 0 Å². The molecule has 0 aromatic carbocycles. The van der Waals surface area contributed by atoms with Crippen LogP contribution in [0, 0.1) is 5.92 Å². The molecule has 0 aliphatic carbocycles. The standard InChI is InChI=1S/C12H26N2O/c1-12(11-15)5-4-6-13-7-10-14-8-2-3-9-14/h12-13,15H,2-11H2,1H3. The molecule has 0 aromatic rings. The summed E-state index contributed by atoms with van der Waals surface area (Å²) in [7, 11) is 0. The highest BCUT2D eigenvalue weighted by molar-refractivity contribution is 4.66. The third kappa shape index (κ3) is 6.13. The summed E-state index contributed by atoms with van der Waals surface area (Å²) in [5.41, 5.74) is 0. The summed E-state index contributed by atoms with van der Waals surface area (Å²) in [4.78, 5) is 2.53. The van der Waals surface area contributed by atoms with E-state index in [1.165, 1.54) is 38.9 Å². The fraction of sp³-hybridized carbons (Fsp3) is 1.00. The third-order valence-corrected chi connectivity index (χ3v) is 3.17. The Morgan fingerprint density at radius 3 is 2.67 bits per heavy atom. The first-order chi connectivity index (χ1) is 7.33. The Labute approximate surface area is 93.9 Å². The first kappa shape index (κ1) is 12.9. The van der Waals surface area contributed by atoms with Crippen molar-refractivity contribution in [2.45, 2.75) is 32.6 Å². The maximum absolute atomic E-state index is 8.85. The lowest BCUT2D eigenvalue weighted by molar-refractivity contribution is 0.227. The Hall–Kier alpha value is -0.120. The van der Waals surface area contributed by atoms with Crippen molar-refractivity contribution < 1.29 is 5.11 Å². The fourth-order valence-electron chi connectivity index (χ4n) is 2.04. The molecule has 1 heterocycles. The number of nitrogens with one attached hydrogen (secondary N) is 1. The Kier molecular flexibility index (Phi) is 6.98. The summed E-state index contributed by atoms with van der Waals surface area (Å²) in [6.45, 7) is 8.44. The van der Waals surface area contributed by atoms with E-state index in [2.05, 4.69) is 17.1 Å². The van der Waals surface area contributed by atoms with Gasteiger partial charge in [-0.3, -0.25) is 0 Å². The van der Waals surface area contributed by atoms with Crippen molar-refractivity contribution in [2.75, 3.05) is 39.3 Å². The van der Waals surface area contributed by atoms with E-state index in [0.29, 0.717) is 12.5 Å². The Morgan fingerprint density at radius 1 is 1.27 bits per heavy atom. The minimum absolute atomic E-state index is 0.327. The molecule has 1 aliphatic rings. The topological polar surface area (TPSA) is 35.5 Å². The Balaban J connectivity index is 1.80. The molecule has 90 valence electrons. The molecule has 1 unspecified atom stereocenters. The summed E-state index contributed by atoms with van der Waals surface area (Å²) in [6, 6.07) is 0. The zero-order valence-corrected chi connectivity index (χ0v) is 10.0. The average Bonchev–Trinajstić information content (AvgIpc) is 2.75. The van der Waals surface area contributed by atoms with Gasteiger partial charge in [-0.1, -0.05) is 6.92 Å². The van der Waals surface area contributed by atoms with Crippen molar-refractivity contribution in [2.24, 2.45) is 5.92 Å². The number of rotatable bonds is 8. The van der Waals surface area contributed by atoms with E-state index >= 15 is 0 Å². The van der Waals surface area contributed by atoms with Gasteiger partial charge in [0.15, 0.2) is 0 Å². The molecular formula is C12H26N2O. The third-order valence-electron chi connectivity index (χ3n) is 3.17. The van der Waals surface area contributed by atoms with Crippen LogP contribution in [-0.4, -0.2) is 49.3 Å². The highest BCUT2D eigenvalue weighted by Gasteiger charge is 2.09. The summed E-state index contributed by atoms with van der Waals surface area (Å²) in [6.07, 6.45) is 5.08. The molecular weight excluding hydrogens is 188 g/mol. The molecule has 1 saturated heterocycles. The van der Waals surface area contributed by atoms with Crippen molar-refractivity contribution in [1.82, 2.24) is 10.2 Å². The van der Waals surface area contributed by atoms with E-state index in [-0.39, 0.29) is 0 Å². The first-order valence-corrected chi connectivity index (χ1v) is 6.37. The molecule has 1 aliphatic heterocycles.